The van der Waals surface area contributed by atoms with Gasteiger partial charge in [0.2, 0.25) is 0 Å². The van der Waals surface area contributed by atoms with Gasteiger partial charge in [0, 0.05) is 23.0 Å². The summed E-state index contributed by atoms with van der Waals surface area (Å²) in [4.78, 5) is 15.9. The Morgan fingerprint density at radius 1 is 1.47 bits per heavy atom. The minimum absolute atomic E-state index is 0.206. The highest BCUT2D eigenvalue weighted by molar-refractivity contribution is 9.10. The Bertz CT molecular complexity index is 564. The van der Waals surface area contributed by atoms with Gasteiger partial charge in [0.25, 0.3) is 5.91 Å². The second kappa shape index (κ2) is 4.67. The first-order chi connectivity index (χ1) is 8.08. The summed E-state index contributed by atoms with van der Waals surface area (Å²) < 4.78 is 0.625. The molecular weight excluding hydrogens is 284 g/mol. The number of nitrogens with zero attached hydrogens (tertiary/aromatic N) is 2. The summed E-state index contributed by atoms with van der Waals surface area (Å²) in [5, 5.41) is 9.58. The zero-order valence-corrected chi connectivity index (χ0v) is 11.0. The van der Waals surface area contributed by atoms with Crippen LogP contribution in [0.4, 0.5) is 5.82 Å². The molecule has 0 aliphatic heterocycles. The average Bonchev–Trinajstić information content (AvgIpc) is 2.61. The second-order valence-electron chi connectivity index (χ2n) is 3.64. The number of aryl methyl sites for hydroxylation is 1. The van der Waals surface area contributed by atoms with Gasteiger partial charge in [0.05, 0.1) is 0 Å². The van der Waals surface area contributed by atoms with Crippen LogP contribution in [-0.4, -0.2) is 21.1 Å². The van der Waals surface area contributed by atoms with E-state index in [-0.39, 0.29) is 5.91 Å². The number of hydrogen-bond donors (Lipinski definition) is 2. The van der Waals surface area contributed by atoms with E-state index < -0.39 is 0 Å². The molecule has 0 saturated heterocycles. The number of nitrogens with one attached hydrogen (secondary N) is 2. The van der Waals surface area contributed by atoms with Crippen LogP contribution < -0.4 is 5.32 Å². The van der Waals surface area contributed by atoms with E-state index in [0.29, 0.717) is 16.0 Å². The topological polar surface area (TPSA) is 70.7 Å². The van der Waals surface area contributed by atoms with Crippen LogP contribution in [0.15, 0.2) is 22.9 Å². The van der Waals surface area contributed by atoms with Gasteiger partial charge in [-0.15, -0.1) is 0 Å². The number of rotatable bonds is 2. The van der Waals surface area contributed by atoms with Gasteiger partial charge in [-0.25, -0.2) is 4.98 Å². The van der Waals surface area contributed by atoms with E-state index in [2.05, 4.69) is 36.4 Å². The lowest BCUT2D eigenvalue weighted by atomic mass is 10.2. The van der Waals surface area contributed by atoms with E-state index in [9.17, 15) is 4.79 Å². The molecule has 0 atom stereocenters. The van der Waals surface area contributed by atoms with Crippen LogP contribution in [0.3, 0.4) is 0 Å². The Morgan fingerprint density at radius 3 is 2.82 bits per heavy atom. The molecule has 0 bridgehead atoms. The van der Waals surface area contributed by atoms with Gasteiger partial charge in [-0.1, -0.05) is 0 Å². The molecule has 2 N–H and O–H groups in total. The number of aromatic nitrogens is 3. The van der Waals surface area contributed by atoms with Crippen molar-refractivity contribution in [2.24, 2.45) is 0 Å². The normalized spacial score (nSPS) is 10.3. The molecule has 2 rings (SSSR count). The van der Waals surface area contributed by atoms with Gasteiger partial charge in [0.1, 0.15) is 4.60 Å². The van der Waals surface area contributed by atoms with Crippen molar-refractivity contribution in [2.45, 2.75) is 13.8 Å². The highest BCUT2D eigenvalue weighted by Gasteiger charge is 2.11. The summed E-state index contributed by atoms with van der Waals surface area (Å²) in [6.45, 7) is 3.80. The van der Waals surface area contributed by atoms with E-state index in [1.807, 2.05) is 13.8 Å². The smallest absolute Gasteiger partial charge is 0.257 e. The Kier molecular flexibility index (Phi) is 3.23. The minimum atomic E-state index is -0.206. The van der Waals surface area contributed by atoms with Crippen LogP contribution in [0.25, 0.3) is 0 Å². The standard InChI is InChI=1S/C11H11BrN4O/c1-6-7(2)15-16-10(6)14-11(17)8-3-4-13-9(12)5-8/h3-5H,1-2H3,(H2,14,15,16,17). The van der Waals surface area contributed by atoms with E-state index in [1.54, 1.807) is 18.3 Å². The van der Waals surface area contributed by atoms with Crippen LogP contribution in [-0.2, 0) is 0 Å². The molecule has 0 aromatic carbocycles. The third-order valence-corrected chi connectivity index (χ3v) is 2.91. The van der Waals surface area contributed by atoms with Crippen molar-refractivity contribution in [1.82, 2.24) is 15.2 Å². The molecule has 0 aliphatic carbocycles. The third-order valence-electron chi connectivity index (χ3n) is 2.47. The molecule has 0 unspecified atom stereocenters. The molecular formula is C11H11BrN4O. The second-order valence-corrected chi connectivity index (χ2v) is 4.46. The van der Waals surface area contributed by atoms with Crippen molar-refractivity contribution in [3.8, 4) is 0 Å². The summed E-state index contributed by atoms with van der Waals surface area (Å²) in [5.74, 6) is 0.350. The zero-order valence-electron chi connectivity index (χ0n) is 9.41. The van der Waals surface area contributed by atoms with Crippen LogP contribution in [0.2, 0.25) is 0 Å². The molecule has 5 nitrogen and oxygen atoms in total. The average molecular weight is 295 g/mol. The molecule has 0 radical (unpaired) electrons. The summed E-state index contributed by atoms with van der Waals surface area (Å²) >= 11 is 3.22. The van der Waals surface area contributed by atoms with Crippen molar-refractivity contribution in [1.29, 1.82) is 0 Å². The zero-order chi connectivity index (χ0) is 12.4. The summed E-state index contributed by atoms with van der Waals surface area (Å²) in [7, 11) is 0. The number of amides is 1. The number of H-pyrrole nitrogens is 1. The fraction of sp³-hybridized carbons (Fsp3) is 0.182. The van der Waals surface area contributed by atoms with Crippen molar-refractivity contribution >= 4 is 27.7 Å². The van der Waals surface area contributed by atoms with Crippen molar-refractivity contribution in [2.75, 3.05) is 5.32 Å². The molecule has 0 aliphatic rings. The highest BCUT2D eigenvalue weighted by atomic mass is 79.9. The Balaban J connectivity index is 2.20. The number of hydrogen-bond acceptors (Lipinski definition) is 3. The number of anilines is 1. The van der Waals surface area contributed by atoms with Crippen LogP contribution in [0.1, 0.15) is 21.6 Å². The third kappa shape index (κ3) is 2.52. The van der Waals surface area contributed by atoms with E-state index in [4.69, 9.17) is 0 Å². The highest BCUT2D eigenvalue weighted by Crippen LogP contribution is 2.15. The van der Waals surface area contributed by atoms with E-state index >= 15 is 0 Å². The van der Waals surface area contributed by atoms with Gasteiger partial charge >= 0.3 is 0 Å². The quantitative estimate of drug-likeness (QED) is 0.836. The Morgan fingerprint density at radius 2 is 2.24 bits per heavy atom. The van der Waals surface area contributed by atoms with Gasteiger partial charge in [-0.3, -0.25) is 9.89 Å². The molecule has 88 valence electrons. The molecule has 2 heterocycles. The van der Waals surface area contributed by atoms with Crippen LogP contribution in [0, 0.1) is 13.8 Å². The number of carbonyl (C=O) groups excluding carboxylic acids is 1. The SMILES string of the molecule is Cc1[nH]nc(NC(=O)c2ccnc(Br)c2)c1C. The molecule has 0 fully saturated rings. The first kappa shape index (κ1) is 11.8. The monoisotopic (exact) mass is 294 g/mol. The molecule has 6 heteroatoms. The largest absolute Gasteiger partial charge is 0.305 e. The summed E-state index contributed by atoms with van der Waals surface area (Å²) in [6, 6.07) is 3.30. The molecule has 2 aromatic rings. The first-order valence-corrected chi connectivity index (χ1v) is 5.81. The predicted molar refractivity (Wildman–Crippen MR) is 68.0 cm³/mol. The number of carbonyl (C=O) groups is 1. The van der Waals surface area contributed by atoms with E-state index in [0.717, 1.165) is 11.3 Å². The van der Waals surface area contributed by atoms with Gasteiger partial charge in [-0.05, 0) is 41.9 Å². The van der Waals surface area contributed by atoms with Gasteiger partial charge in [0.15, 0.2) is 5.82 Å². The number of aromatic amines is 1. The predicted octanol–water partition coefficient (Wildman–Crippen LogP) is 2.44. The number of pyridine rings is 1. The maximum absolute atomic E-state index is 11.9. The van der Waals surface area contributed by atoms with E-state index in [1.165, 1.54) is 0 Å². The minimum Gasteiger partial charge on any atom is -0.305 e. The fourth-order valence-corrected chi connectivity index (χ4v) is 1.70. The van der Waals surface area contributed by atoms with Crippen LogP contribution in [0.5, 0.6) is 0 Å². The Labute approximate surface area is 107 Å². The molecule has 2 aromatic heterocycles. The number of halogens is 1. The maximum atomic E-state index is 11.9. The van der Waals surface area contributed by atoms with Crippen molar-refractivity contribution in [3.05, 3.63) is 39.8 Å². The van der Waals surface area contributed by atoms with Crippen molar-refractivity contribution < 1.29 is 4.79 Å². The molecule has 0 spiro atoms. The summed E-state index contributed by atoms with van der Waals surface area (Å²) in [5.41, 5.74) is 2.41. The molecule has 1 amide bonds. The Hall–Kier alpha value is -1.69. The molecule has 17 heavy (non-hydrogen) atoms. The summed E-state index contributed by atoms with van der Waals surface area (Å²) in [6.07, 6.45) is 1.57. The van der Waals surface area contributed by atoms with Crippen molar-refractivity contribution in [3.63, 3.8) is 0 Å². The molecule has 0 saturated carbocycles. The van der Waals surface area contributed by atoms with Gasteiger partial charge < -0.3 is 5.32 Å². The van der Waals surface area contributed by atoms with Crippen LogP contribution >= 0.6 is 15.9 Å². The first-order valence-electron chi connectivity index (χ1n) is 5.02. The lowest BCUT2D eigenvalue weighted by molar-refractivity contribution is 0.102. The lowest BCUT2D eigenvalue weighted by Crippen LogP contribution is -2.13. The lowest BCUT2D eigenvalue weighted by Gasteiger charge is -2.03. The maximum Gasteiger partial charge on any atom is 0.257 e. The van der Waals surface area contributed by atoms with Gasteiger partial charge in [-0.2, -0.15) is 5.10 Å². The fourth-order valence-electron chi connectivity index (χ4n) is 1.33.